The Hall–Kier alpha value is -4.85. The van der Waals surface area contributed by atoms with Crippen LogP contribution in [0.4, 0.5) is 5.69 Å². The Morgan fingerprint density at radius 3 is 2.31 bits per heavy atom. The van der Waals surface area contributed by atoms with Gasteiger partial charge in [0.05, 0.1) is 19.0 Å². The molecule has 0 saturated heterocycles. The van der Waals surface area contributed by atoms with Crippen molar-refractivity contribution in [3.63, 3.8) is 0 Å². The first-order valence-corrected chi connectivity index (χ1v) is 11.2. The van der Waals surface area contributed by atoms with Gasteiger partial charge >= 0.3 is 0 Å². The first kappa shape index (κ1) is 24.3. The zero-order valence-electron chi connectivity index (χ0n) is 19.6. The van der Waals surface area contributed by atoms with E-state index in [1.165, 1.54) is 13.3 Å². The minimum atomic E-state index is -0.375. The van der Waals surface area contributed by atoms with Gasteiger partial charge in [0.1, 0.15) is 17.2 Å². The summed E-state index contributed by atoms with van der Waals surface area (Å²) in [7, 11) is 1.54. The third kappa shape index (κ3) is 6.60. The van der Waals surface area contributed by atoms with Gasteiger partial charge in [-0.1, -0.05) is 48.5 Å². The first-order valence-electron chi connectivity index (χ1n) is 11.2. The topological polar surface area (TPSA) is 98.3 Å². The largest absolute Gasteiger partial charge is 0.495 e. The summed E-state index contributed by atoms with van der Waals surface area (Å²) in [4.78, 5) is 24.3. The van der Waals surface area contributed by atoms with E-state index in [4.69, 9.17) is 14.2 Å². The highest BCUT2D eigenvalue weighted by Gasteiger charge is 2.08. The standard InChI is InChI=1S/C28H25N3O5/c1-34-26-11-5-4-10-24(26)30-27(32)18-35-22-15-13-20(14-16-22)17-29-31-28(33)19-36-25-12-6-8-21-7-2-3-9-23(21)25/h2-17H,18-19H2,1H3,(H,30,32)(H,31,33)/b29-17+. The predicted molar refractivity (Wildman–Crippen MR) is 139 cm³/mol. The maximum atomic E-state index is 12.2. The van der Waals surface area contributed by atoms with Crippen LogP contribution in [0.2, 0.25) is 0 Å². The van der Waals surface area contributed by atoms with E-state index in [1.54, 1.807) is 42.5 Å². The summed E-state index contributed by atoms with van der Waals surface area (Å²) >= 11 is 0. The SMILES string of the molecule is COc1ccccc1NC(=O)COc1ccc(/C=N/NC(=O)COc2cccc3ccccc23)cc1. The maximum Gasteiger partial charge on any atom is 0.277 e. The highest BCUT2D eigenvalue weighted by Crippen LogP contribution is 2.25. The Kier molecular flexibility index (Phi) is 8.11. The van der Waals surface area contributed by atoms with Crippen LogP contribution in [-0.4, -0.2) is 38.4 Å². The van der Waals surface area contributed by atoms with E-state index in [2.05, 4.69) is 15.8 Å². The van der Waals surface area contributed by atoms with Gasteiger partial charge in [0, 0.05) is 5.39 Å². The van der Waals surface area contributed by atoms with Gasteiger partial charge in [0.15, 0.2) is 13.2 Å². The smallest absolute Gasteiger partial charge is 0.277 e. The summed E-state index contributed by atoms with van der Waals surface area (Å²) in [6.45, 7) is -0.312. The van der Waals surface area contributed by atoms with Gasteiger partial charge in [-0.2, -0.15) is 5.10 Å². The number of hydrogen-bond acceptors (Lipinski definition) is 6. The normalized spacial score (nSPS) is 10.7. The number of ether oxygens (including phenoxy) is 3. The molecule has 0 heterocycles. The lowest BCUT2D eigenvalue weighted by atomic mass is 10.1. The number of hydrazone groups is 1. The number of nitrogens with zero attached hydrogens (tertiary/aromatic N) is 1. The number of methoxy groups -OCH3 is 1. The van der Waals surface area contributed by atoms with Crippen LogP contribution in [0, 0.1) is 0 Å². The molecule has 182 valence electrons. The molecule has 8 heteroatoms. The predicted octanol–water partition coefficient (Wildman–Crippen LogP) is 4.40. The van der Waals surface area contributed by atoms with Crippen LogP contribution < -0.4 is 25.0 Å². The van der Waals surface area contributed by atoms with Crippen LogP contribution in [0.15, 0.2) is 96.1 Å². The van der Waals surface area contributed by atoms with Crippen LogP contribution in [0.25, 0.3) is 10.8 Å². The number of hydrogen-bond donors (Lipinski definition) is 2. The Morgan fingerprint density at radius 1 is 0.778 bits per heavy atom. The Labute approximate surface area is 208 Å². The quantitative estimate of drug-likeness (QED) is 0.257. The summed E-state index contributed by atoms with van der Waals surface area (Å²) in [5.74, 6) is 1.05. The highest BCUT2D eigenvalue weighted by molar-refractivity contribution is 5.93. The van der Waals surface area contributed by atoms with E-state index in [-0.39, 0.29) is 25.0 Å². The third-order valence-electron chi connectivity index (χ3n) is 5.14. The molecular weight excluding hydrogens is 458 g/mol. The molecule has 0 aliphatic heterocycles. The van der Waals surface area contributed by atoms with Crippen LogP contribution >= 0.6 is 0 Å². The van der Waals surface area contributed by atoms with Crippen molar-refractivity contribution in [2.24, 2.45) is 5.10 Å². The average Bonchev–Trinajstić information content (AvgIpc) is 2.91. The second-order valence-electron chi connectivity index (χ2n) is 7.67. The van der Waals surface area contributed by atoms with Crippen molar-refractivity contribution in [1.82, 2.24) is 5.43 Å². The van der Waals surface area contributed by atoms with E-state index < -0.39 is 0 Å². The minimum Gasteiger partial charge on any atom is -0.495 e. The summed E-state index contributed by atoms with van der Waals surface area (Å²) in [6.07, 6.45) is 1.51. The fraction of sp³-hybridized carbons (Fsp3) is 0.107. The molecule has 4 aromatic carbocycles. The van der Waals surface area contributed by atoms with E-state index in [9.17, 15) is 9.59 Å². The molecule has 2 N–H and O–H groups in total. The van der Waals surface area contributed by atoms with E-state index in [0.717, 1.165) is 16.3 Å². The lowest BCUT2D eigenvalue weighted by Crippen LogP contribution is -2.24. The number of amides is 2. The fourth-order valence-electron chi connectivity index (χ4n) is 3.41. The maximum absolute atomic E-state index is 12.2. The molecule has 0 saturated carbocycles. The van der Waals surface area contributed by atoms with Gasteiger partial charge in [0.25, 0.3) is 11.8 Å². The number of carbonyl (C=O) groups excluding carboxylic acids is 2. The second-order valence-corrected chi connectivity index (χ2v) is 7.67. The van der Waals surface area contributed by atoms with Crippen molar-refractivity contribution in [3.8, 4) is 17.2 Å². The number of benzene rings is 4. The van der Waals surface area contributed by atoms with Crippen LogP contribution in [0.5, 0.6) is 17.2 Å². The number of carbonyl (C=O) groups is 2. The molecule has 0 bridgehead atoms. The van der Waals surface area contributed by atoms with Gasteiger partial charge in [-0.25, -0.2) is 5.43 Å². The molecule has 0 aliphatic rings. The summed E-state index contributed by atoms with van der Waals surface area (Å²) < 4.78 is 16.4. The highest BCUT2D eigenvalue weighted by atomic mass is 16.5. The monoisotopic (exact) mass is 483 g/mol. The van der Waals surface area contributed by atoms with Gasteiger partial charge in [-0.05, 0) is 53.4 Å². The van der Waals surface area contributed by atoms with Crippen molar-refractivity contribution in [3.05, 3.63) is 96.6 Å². The van der Waals surface area contributed by atoms with Crippen molar-refractivity contribution in [2.75, 3.05) is 25.6 Å². The van der Waals surface area contributed by atoms with Gasteiger partial charge in [-0.15, -0.1) is 0 Å². The lowest BCUT2D eigenvalue weighted by molar-refractivity contribution is -0.123. The van der Waals surface area contributed by atoms with Gasteiger partial charge < -0.3 is 19.5 Å². The van der Waals surface area contributed by atoms with E-state index in [0.29, 0.717) is 22.9 Å². The Bertz CT molecular complexity index is 1360. The molecular formula is C28H25N3O5. The molecule has 4 aromatic rings. The van der Waals surface area contributed by atoms with Crippen molar-refractivity contribution in [2.45, 2.75) is 0 Å². The molecule has 0 spiro atoms. The average molecular weight is 484 g/mol. The number of fused-ring (bicyclic) bond motifs is 1. The number of anilines is 1. The summed E-state index contributed by atoms with van der Waals surface area (Å²) in [6, 6.07) is 27.6. The Morgan fingerprint density at radius 2 is 1.47 bits per heavy atom. The molecule has 2 amide bonds. The van der Waals surface area contributed by atoms with E-state index >= 15 is 0 Å². The second kappa shape index (κ2) is 12.0. The van der Waals surface area contributed by atoms with Crippen LogP contribution in [-0.2, 0) is 9.59 Å². The summed E-state index contributed by atoms with van der Waals surface area (Å²) in [5, 5.41) is 8.69. The molecule has 8 nitrogen and oxygen atoms in total. The third-order valence-corrected chi connectivity index (χ3v) is 5.14. The molecule has 0 fully saturated rings. The van der Waals surface area contributed by atoms with Crippen molar-refractivity contribution < 1.29 is 23.8 Å². The zero-order chi connectivity index (χ0) is 25.2. The molecule has 0 unspecified atom stereocenters. The molecule has 0 atom stereocenters. The molecule has 4 rings (SSSR count). The molecule has 0 aliphatic carbocycles. The van der Waals surface area contributed by atoms with Crippen LogP contribution in [0.1, 0.15) is 5.56 Å². The van der Waals surface area contributed by atoms with Crippen molar-refractivity contribution in [1.29, 1.82) is 0 Å². The molecule has 0 aromatic heterocycles. The minimum absolute atomic E-state index is 0.155. The van der Waals surface area contributed by atoms with Gasteiger partial charge in [0.2, 0.25) is 0 Å². The number of nitrogens with one attached hydrogen (secondary N) is 2. The lowest BCUT2D eigenvalue weighted by Gasteiger charge is -2.10. The Balaban J connectivity index is 1.21. The van der Waals surface area contributed by atoms with Gasteiger partial charge in [-0.3, -0.25) is 9.59 Å². The fourth-order valence-corrected chi connectivity index (χ4v) is 3.41. The molecule has 36 heavy (non-hydrogen) atoms. The number of rotatable bonds is 10. The zero-order valence-corrected chi connectivity index (χ0v) is 19.6. The van der Waals surface area contributed by atoms with Crippen molar-refractivity contribution >= 4 is 34.5 Å². The van der Waals surface area contributed by atoms with E-state index in [1.807, 2.05) is 48.5 Å². The number of para-hydroxylation sites is 2. The molecule has 0 radical (unpaired) electrons. The summed E-state index contributed by atoms with van der Waals surface area (Å²) in [5.41, 5.74) is 3.77. The first-order chi connectivity index (χ1) is 17.6. The van der Waals surface area contributed by atoms with Crippen LogP contribution in [0.3, 0.4) is 0 Å².